The fraction of sp³-hybridized carbons (Fsp3) is 0.600. The molecule has 0 fully saturated rings. The molecule has 0 aromatic carbocycles. The summed E-state index contributed by atoms with van der Waals surface area (Å²) in [6.07, 6.45) is 7.72. The number of rotatable bonds is 4. The van der Waals surface area contributed by atoms with Crippen LogP contribution in [-0.4, -0.2) is 5.33 Å². The fourth-order valence-electron chi connectivity index (χ4n) is 0.849. The highest BCUT2D eigenvalue weighted by Gasteiger charge is 1.99. The van der Waals surface area contributed by atoms with Crippen LogP contribution in [0.1, 0.15) is 27.2 Å². The van der Waals surface area contributed by atoms with Crippen molar-refractivity contribution in [2.75, 3.05) is 5.33 Å². The van der Waals surface area contributed by atoms with Crippen molar-refractivity contribution in [3.63, 3.8) is 0 Å². The lowest BCUT2D eigenvalue weighted by atomic mass is 9.99. The molecule has 0 radical (unpaired) electrons. The molecule has 0 aromatic heterocycles. The van der Waals surface area contributed by atoms with Gasteiger partial charge in [-0.15, -0.1) is 0 Å². The lowest BCUT2D eigenvalue weighted by Crippen LogP contribution is -1.94. The normalized spacial score (nSPS) is 15.8. The summed E-state index contributed by atoms with van der Waals surface area (Å²) in [5, 5.41) is 0.971. The zero-order valence-electron chi connectivity index (χ0n) is 7.60. The van der Waals surface area contributed by atoms with Crippen molar-refractivity contribution in [2.45, 2.75) is 27.2 Å². The molecule has 1 atom stereocenters. The van der Waals surface area contributed by atoms with Gasteiger partial charge in [-0.2, -0.15) is 0 Å². The van der Waals surface area contributed by atoms with E-state index >= 15 is 0 Å². The molecule has 0 aromatic rings. The average Bonchev–Trinajstić information content (AvgIpc) is 2.00. The number of alkyl halides is 1. The van der Waals surface area contributed by atoms with E-state index in [-0.39, 0.29) is 0 Å². The maximum absolute atomic E-state index is 3.39. The Kier molecular flexibility index (Phi) is 6.63. The van der Waals surface area contributed by atoms with Gasteiger partial charge in [-0.05, 0) is 26.2 Å². The van der Waals surface area contributed by atoms with E-state index in [1.807, 2.05) is 0 Å². The maximum atomic E-state index is 3.39. The van der Waals surface area contributed by atoms with Crippen molar-refractivity contribution in [3.8, 4) is 0 Å². The van der Waals surface area contributed by atoms with Crippen LogP contribution in [0.3, 0.4) is 0 Å². The van der Waals surface area contributed by atoms with Crippen LogP contribution < -0.4 is 0 Å². The van der Waals surface area contributed by atoms with Crippen LogP contribution in [0.2, 0.25) is 0 Å². The summed E-state index contributed by atoms with van der Waals surface area (Å²) in [5.74, 6) is 0.684. The average molecular weight is 217 g/mol. The molecule has 0 amide bonds. The molecule has 0 bridgehead atoms. The Morgan fingerprint density at radius 2 is 2.18 bits per heavy atom. The van der Waals surface area contributed by atoms with Gasteiger partial charge in [-0.1, -0.05) is 46.7 Å². The SMILES string of the molecule is C/C=C/CC(C)/C(C)=C/CBr. The molecule has 0 aliphatic rings. The number of hydrogen-bond acceptors (Lipinski definition) is 0. The van der Waals surface area contributed by atoms with E-state index in [9.17, 15) is 0 Å². The summed E-state index contributed by atoms with van der Waals surface area (Å²) < 4.78 is 0. The lowest BCUT2D eigenvalue weighted by molar-refractivity contribution is 0.693. The van der Waals surface area contributed by atoms with E-state index in [0.717, 1.165) is 11.8 Å². The van der Waals surface area contributed by atoms with E-state index in [2.05, 4.69) is 54.9 Å². The van der Waals surface area contributed by atoms with Crippen molar-refractivity contribution >= 4 is 15.9 Å². The van der Waals surface area contributed by atoms with Gasteiger partial charge >= 0.3 is 0 Å². The summed E-state index contributed by atoms with van der Waals surface area (Å²) in [6, 6.07) is 0. The number of halogens is 1. The lowest BCUT2D eigenvalue weighted by Gasteiger charge is -2.08. The molecule has 0 saturated carbocycles. The van der Waals surface area contributed by atoms with Crippen LogP contribution in [0.15, 0.2) is 23.8 Å². The molecule has 1 unspecified atom stereocenters. The number of allylic oxidation sites excluding steroid dienone is 4. The molecule has 0 aliphatic heterocycles. The minimum atomic E-state index is 0.684. The van der Waals surface area contributed by atoms with Crippen LogP contribution in [0.25, 0.3) is 0 Å². The summed E-state index contributed by atoms with van der Waals surface area (Å²) in [7, 11) is 0. The first kappa shape index (κ1) is 11.0. The molecule has 0 saturated heterocycles. The molecule has 1 heteroatoms. The van der Waals surface area contributed by atoms with Gasteiger partial charge in [0, 0.05) is 5.33 Å². The second-order valence-electron chi connectivity index (χ2n) is 2.81. The van der Waals surface area contributed by atoms with Gasteiger partial charge in [0.1, 0.15) is 0 Å². The van der Waals surface area contributed by atoms with E-state index < -0.39 is 0 Å². The zero-order chi connectivity index (χ0) is 8.69. The summed E-state index contributed by atoms with van der Waals surface area (Å²) in [5.41, 5.74) is 1.47. The fourth-order valence-corrected chi connectivity index (χ4v) is 1.36. The first-order chi connectivity index (χ1) is 5.22. The molecule has 0 rings (SSSR count). The van der Waals surface area contributed by atoms with Gasteiger partial charge in [0.25, 0.3) is 0 Å². The van der Waals surface area contributed by atoms with Gasteiger partial charge in [0.2, 0.25) is 0 Å². The minimum absolute atomic E-state index is 0.684. The Hall–Kier alpha value is -0.0400. The predicted molar refractivity (Wildman–Crippen MR) is 56.1 cm³/mol. The third-order valence-electron chi connectivity index (χ3n) is 1.90. The van der Waals surface area contributed by atoms with E-state index in [1.165, 1.54) is 5.57 Å². The first-order valence-electron chi connectivity index (χ1n) is 4.06. The zero-order valence-corrected chi connectivity index (χ0v) is 9.19. The summed E-state index contributed by atoms with van der Waals surface area (Å²) >= 11 is 3.39. The van der Waals surface area contributed by atoms with Crippen LogP contribution in [0, 0.1) is 5.92 Å². The third-order valence-corrected chi connectivity index (χ3v) is 2.23. The summed E-state index contributed by atoms with van der Waals surface area (Å²) in [6.45, 7) is 6.51. The maximum Gasteiger partial charge on any atom is 0.0214 e. The van der Waals surface area contributed by atoms with Gasteiger partial charge < -0.3 is 0 Å². The van der Waals surface area contributed by atoms with Crippen molar-refractivity contribution < 1.29 is 0 Å². The van der Waals surface area contributed by atoms with Gasteiger partial charge in [0.15, 0.2) is 0 Å². The van der Waals surface area contributed by atoms with Gasteiger partial charge in [-0.25, -0.2) is 0 Å². The highest BCUT2D eigenvalue weighted by atomic mass is 79.9. The largest absolute Gasteiger partial charge is 0.0916 e. The third kappa shape index (κ3) is 5.25. The van der Waals surface area contributed by atoms with Crippen LogP contribution in [-0.2, 0) is 0 Å². The van der Waals surface area contributed by atoms with Crippen molar-refractivity contribution in [2.24, 2.45) is 5.92 Å². The van der Waals surface area contributed by atoms with E-state index in [4.69, 9.17) is 0 Å². The topological polar surface area (TPSA) is 0 Å². The van der Waals surface area contributed by atoms with E-state index in [1.54, 1.807) is 0 Å². The molecule has 0 N–H and O–H groups in total. The monoisotopic (exact) mass is 216 g/mol. The van der Waals surface area contributed by atoms with Gasteiger partial charge in [0.05, 0.1) is 0 Å². The highest BCUT2D eigenvalue weighted by molar-refractivity contribution is 9.09. The first-order valence-corrected chi connectivity index (χ1v) is 5.18. The molecule has 64 valence electrons. The van der Waals surface area contributed by atoms with E-state index in [0.29, 0.717) is 5.92 Å². The quantitative estimate of drug-likeness (QED) is 0.494. The second-order valence-corrected chi connectivity index (χ2v) is 3.46. The molecule has 11 heavy (non-hydrogen) atoms. The Labute approximate surface area is 78.5 Å². The Morgan fingerprint density at radius 3 is 2.64 bits per heavy atom. The Morgan fingerprint density at radius 1 is 1.55 bits per heavy atom. The molecular formula is C10H17Br. The predicted octanol–water partition coefficient (Wildman–Crippen LogP) is 3.93. The molecular weight excluding hydrogens is 200 g/mol. The van der Waals surface area contributed by atoms with Crippen LogP contribution >= 0.6 is 15.9 Å². The summed E-state index contributed by atoms with van der Waals surface area (Å²) in [4.78, 5) is 0. The molecule has 0 aliphatic carbocycles. The van der Waals surface area contributed by atoms with Crippen LogP contribution in [0.4, 0.5) is 0 Å². The minimum Gasteiger partial charge on any atom is -0.0916 e. The van der Waals surface area contributed by atoms with Crippen molar-refractivity contribution in [1.29, 1.82) is 0 Å². The molecule has 0 nitrogen and oxygen atoms in total. The molecule has 0 spiro atoms. The molecule has 0 heterocycles. The second kappa shape index (κ2) is 6.66. The smallest absolute Gasteiger partial charge is 0.0214 e. The highest BCUT2D eigenvalue weighted by Crippen LogP contribution is 2.14. The standard InChI is InChI=1S/C10H17Br/c1-4-5-6-9(2)10(3)7-8-11/h4-5,7,9H,6,8H2,1-3H3/b5-4+,10-7+. The van der Waals surface area contributed by atoms with Crippen molar-refractivity contribution in [3.05, 3.63) is 23.8 Å². The number of hydrogen-bond donors (Lipinski definition) is 0. The van der Waals surface area contributed by atoms with Gasteiger partial charge in [-0.3, -0.25) is 0 Å². The van der Waals surface area contributed by atoms with Crippen molar-refractivity contribution in [1.82, 2.24) is 0 Å². The Balaban J connectivity index is 3.81. The Bertz CT molecular complexity index is 145. The van der Waals surface area contributed by atoms with Crippen LogP contribution in [0.5, 0.6) is 0 Å².